The molecule has 0 aromatic heterocycles. The minimum absolute atomic E-state index is 0.273. The maximum Gasteiger partial charge on any atom is 0.0245 e. The number of nitrogens with zero attached hydrogens (tertiary/aromatic N) is 2. The van der Waals surface area contributed by atoms with Crippen LogP contribution in [0.4, 0.5) is 0 Å². The molecule has 0 aliphatic carbocycles. The molecule has 20 heavy (non-hydrogen) atoms. The van der Waals surface area contributed by atoms with Gasteiger partial charge in [-0.1, -0.05) is 39.0 Å². The predicted octanol–water partition coefficient (Wildman–Crippen LogP) is 3.71. The number of likely N-dealkylation sites (N-methyl/N-ethyl adjacent to an activating group) is 1. The standard InChI is InChI=1S/C17H28N2S/c1-17(2,3)20-16-9-6-5-8-15(16)14-19-11-7-10-18(4)12-13-19/h5-6,8-9H,7,10-14H2,1-4H3. The monoisotopic (exact) mass is 292 g/mol. The second-order valence-electron chi connectivity index (χ2n) is 6.76. The summed E-state index contributed by atoms with van der Waals surface area (Å²) in [5.41, 5.74) is 1.48. The lowest BCUT2D eigenvalue weighted by Gasteiger charge is -2.24. The summed E-state index contributed by atoms with van der Waals surface area (Å²) in [7, 11) is 2.23. The van der Waals surface area contributed by atoms with Gasteiger partial charge in [0.05, 0.1) is 0 Å². The highest BCUT2D eigenvalue weighted by Crippen LogP contribution is 2.34. The highest BCUT2D eigenvalue weighted by molar-refractivity contribution is 8.00. The first-order valence-corrected chi connectivity index (χ1v) is 8.43. The van der Waals surface area contributed by atoms with Crippen LogP contribution in [-0.4, -0.2) is 47.8 Å². The van der Waals surface area contributed by atoms with Crippen molar-refractivity contribution in [3.05, 3.63) is 29.8 Å². The summed E-state index contributed by atoms with van der Waals surface area (Å²) in [4.78, 5) is 6.49. The molecule has 0 spiro atoms. The van der Waals surface area contributed by atoms with Crippen molar-refractivity contribution in [1.82, 2.24) is 9.80 Å². The van der Waals surface area contributed by atoms with E-state index in [9.17, 15) is 0 Å². The largest absolute Gasteiger partial charge is 0.305 e. The third kappa shape index (κ3) is 5.12. The molecule has 0 amide bonds. The second kappa shape index (κ2) is 6.97. The molecule has 0 atom stereocenters. The molecule has 0 unspecified atom stereocenters. The third-order valence-corrected chi connectivity index (χ3v) is 4.83. The first-order valence-electron chi connectivity index (χ1n) is 7.62. The van der Waals surface area contributed by atoms with Gasteiger partial charge in [0, 0.05) is 29.3 Å². The summed E-state index contributed by atoms with van der Waals surface area (Å²) in [5, 5.41) is 0. The number of benzene rings is 1. The van der Waals surface area contributed by atoms with Gasteiger partial charge in [0.1, 0.15) is 0 Å². The Morgan fingerprint density at radius 1 is 1.05 bits per heavy atom. The van der Waals surface area contributed by atoms with Crippen LogP contribution in [0.2, 0.25) is 0 Å². The summed E-state index contributed by atoms with van der Waals surface area (Å²) >= 11 is 1.98. The van der Waals surface area contributed by atoms with Gasteiger partial charge in [-0.3, -0.25) is 4.90 Å². The molecule has 1 aliphatic heterocycles. The van der Waals surface area contributed by atoms with Gasteiger partial charge in [0.25, 0.3) is 0 Å². The molecule has 1 saturated heterocycles. The van der Waals surface area contributed by atoms with Gasteiger partial charge in [-0.15, -0.1) is 11.8 Å². The summed E-state index contributed by atoms with van der Waals surface area (Å²) < 4.78 is 0.273. The molecule has 2 nitrogen and oxygen atoms in total. The Morgan fingerprint density at radius 2 is 1.80 bits per heavy atom. The Hall–Kier alpha value is -0.510. The molecule has 2 rings (SSSR count). The Kier molecular flexibility index (Phi) is 5.53. The lowest BCUT2D eigenvalue weighted by Crippen LogP contribution is -2.28. The number of hydrogen-bond donors (Lipinski definition) is 0. The van der Waals surface area contributed by atoms with Crippen LogP contribution in [0.25, 0.3) is 0 Å². The van der Waals surface area contributed by atoms with E-state index in [1.807, 2.05) is 11.8 Å². The molecule has 1 heterocycles. The van der Waals surface area contributed by atoms with E-state index in [4.69, 9.17) is 0 Å². The summed E-state index contributed by atoms with van der Waals surface area (Å²) in [5.74, 6) is 0. The SMILES string of the molecule is CN1CCCN(Cc2ccccc2SC(C)(C)C)CC1. The lowest BCUT2D eigenvalue weighted by molar-refractivity contribution is 0.267. The Labute approximate surface area is 128 Å². The molecular formula is C17H28N2S. The quantitative estimate of drug-likeness (QED) is 0.784. The molecule has 0 saturated carbocycles. The Morgan fingerprint density at radius 3 is 2.55 bits per heavy atom. The van der Waals surface area contributed by atoms with Crippen LogP contribution < -0.4 is 0 Å². The smallest absolute Gasteiger partial charge is 0.0245 e. The van der Waals surface area contributed by atoms with E-state index in [2.05, 4.69) is 61.9 Å². The van der Waals surface area contributed by atoms with Crippen LogP contribution in [0, 0.1) is 0 Å². The molecule has 0 radical (unpaired) electrons. The molecule has 112 valence electrons. The van der Waals surface area contributed by atoms with Gasteiger partial charge in [-0.2, -0.15) is 0 Å². The molecular weight excluding hydrogens is 264 g/mol. The van der Waals surface area contributed by atoms with Gasteiger partial charge >= 0.3 is 0 Å². The zero-order valence-electron chi connectivity index (χ0n) is 13.4. The zero-order chi connectivity index (χ0) is 14.6. The maximum atomic E-state index is 2.60. The summed E-state index contributed by atoms with van der Waals surface area (Å²) in [6.07, 6.45) is 1.28. The molecule has 1 aliphatic rings. The van der Waals surface area contributed by atoms with Crippen LogP contribution in [0.1, 0.15) is 32.8 Å². The third-order valence-electron chi connectivity index (χ3n) is 3.59. The van der Waals surface area contributed by atoms with Gasteiger partial charge in [0.15, 0.2) is 0 Å². The maximum absolute atomic E-state index is 2.60. The molecule has 1 fully saturated rings. The summed E-state index contributed by atoms with van der Waals surface area (Å²) in [6, 6.07) is 8.90. The molecule has 1 aromatic carbocycles. The van der Waals surface area contributed by atoms with Gasteiger partial charge in [-0.05, 0) is 38.2 Å². The van der Waals surface area contributed by atoms with E-state index in [0.29, 0.717) is 0 Å². The topological polar surface area (TPSA) is 6.48 Å². The number of rotatable bonds is 3. The molecule has 1 aromatic rings. The van der Waals surface area contributed by atoms with E-state index >= 15 is 0 Å². The fourth-order valence-corrected chi connectivity index (χ4v) is 3.63. The second-order valence-corrected chi connectivity index (χ2v) is 8.62. The first-order chi connectivity index (χ1) is 9.44. The van der Waals surface area contributed by atoms with E-state index in [-0.39, 0.29) is 4.75 Å². The van der Waals surface area contributed by atoms with Crippen molar-refractivity contribution in [2.75, 3.05) is 33.2 Å². The van der Waals surface area contributed by atoms with E-state index in [0.717, 1.165) is 6.54 Å². The van der Waals surface area contributed by atoms with E-state index < -0.39 is 0 Å². The van der Waals surface area contributed by atoms with Crippen LogP contribution >= 0.6 is 11.8 Å². The summed E-state index contributed by atoms with van der Waals surface area (Å²) in [6.45, 7) is 12.8. The number of hydrogen-bond acceptors (Lipinski definition) is 3. The lowest BCUT2D eigenvalue weighted by atomic mass is 10.2. The minimum Gasteiger partial charge on any atom is -0.305 e. The Balaban J connectivity index is 2.05. The van der Waals surface area contributed by atoms with Crippen molar-refractivity contribution < 1.29 is 0 Å². The minimum atomic E-state index is 0.273. The van der Waals surface area contributed by atoms with Crippen molar-refractivity contribution in [2.45, 2.75) is 43.4 Å². The molecule has 0 bridgehead atoms. The average molecular weight is 292 g/mol. The van der Waals surface area contributed by atoms with Crippen molar-refractivity contribution >= 4 is 11.8 Å². The van der Waals surface area contributed by atoms with Gasteiger partial charge in [-0.25, -0.2) is 0 Å². The zero-order valence-corrected chi connectivity index (χ0v) is 14.2. The van der Waals surface area contributed by atoms with Crippen LogP contribution in [0.15, 0.2) is 29.2 Å². The molecule has 0 N–H and O–H groups in total. The van der Waals surface area contributed by atoms with Crippen molar-refractivity contribution in [3.63, 3.8) is 0 Å². The van der Waals surface area contributed by atoms with Crippen LogP contribution in [0.5, 0.6) is 0 Å². The average Bonchev–Trinajstić information content (AvgIpc) is 2.55. The first kappa shape index (κ1) is 15.9. The Bertz CT molecular complexity index is 425. The number of thioether (sulfide) groups is 1. The molecule has 3 heteroatoms. The van der Waals surface area contributed by atoms with Crippen LogP contribution in [0.3, 0.4) is 0 Å². The predicted molar refractivity (Wildman–Crippen MR) is 89.4 cm³/mol. The normalized spacial score (nSPS) is 19.0. The fourth-order valence-electron chi connectivity index (χ4n) is 2.56. The van der Waals surface area contributed by atoms with Gasteiger partial charge in [0.2, 0.25) is 0 Å². The van der Waals surface area contributed by atoms with Crippen LogP contribution in [-0.2, 0) is 6.54 Å². The highest BCUT2D eigenvalue weighted by Gasteiger charge is 2.17. The van der Waals surface area contributed by atoms with Crippen molar-refractivity contribution in [2.24, 2.45) is 0 Å². The van der Waals surface area contributed by atoms with Gasteiger partial charge < -0.3 is 4.90 Å². The van der Waals surface area contributed by atoms with Crippen molar-refractivity contribution in [3.8, 4) is 0 Å². The fraction of sp³-hybridized carbons (Fsp3) is 0.647. The highest BCUT2D eigenvalue weighted by atomic mass is 32.2. The van der Waals surface area contributed by atoms with E-state index in [1.54, 1.807) is 0 Å². The van der Waals surface area contributed by atoms with Crippen molar-refractivity contribution in [1.29, 1.82) is 0 Å². The van der Waals surface area contributed by atoms with E-state index in [1.165, 1.54) is 43.1 Å².